The van der Waals surface area contributed by atoms with Gasteiger partial charge < -0.3 is 10.4 Å². The number of thiol groups is 1. The van der Waals surface area contributed by atoms with Crippen LogP contribution in [0.15, 0.2) is 41.8 Å². The van der Waals surface area contributed by atoms with Crippen molar-refractivity contribution in [3.63, 3.8) is 0 Å². The Balaban J connectivity index is 1.63. The number of nitrogens with one attached hydrogen (secondary N) is 2. The summed E-state index contributed by atoms with van der Waals surface area (Å²) < 4.78 is 0. The zero-order valence-electron chi connectivity index (χ0n) is 15.5. The molecule has 29 heavy (non-hydrogen) atoms. The lowest BCUT2D eigenvalue weighted by Crippen LogP contribution is -2.38. The molecule has 0 aliphatic carbocycles. The Hall–Kier alpha value is -2.72. The van der Waals surface area contributed by atoms with Crippen molar-refractivity contribution in [3.05, 3.63) is 63.6 Å². The molecular weight excluding hydrogens is 410 g/mol. The van der Waals surface area contributed by atoms with Crippen molar-refractivity contribution in [3.8, 4) is 0 Å². The number of carbonyl (C=O) groups is 2. The van der Waals surface area contributed by atoms with Gasteiger partial charge in [-0.1, -0.05) is 30.3 Å². The van der Waals surface area contributed by atoms with Crippen molar-refractivity contribution < 1.29 is 14.7 Å². The van der Waals surface area contributed by atoms with Gasteiger partial charge in [-0.3, -0.25) is 4.79 Å². The Morgan fingerprint density at radius 1 is 1.28 bits per heavy atom. The van der Waals surface area contributed by atoms with Gasteiger partial charge in [0.25, 0.3) is 0 Å². The number of aliphatic carboxylic acids is 1. The predicted molar refractivity (Wildman–Crippen MR) is 112 cm³/mol. The van der Waals surface area contributed by atoms with Gasteiger partial charge in [0.1, 0.15) is 0 Å². The third-order valence-electron chi connectivity index (χ3n) is 4.49. The van der Waals surface area contributed by atoms with E-state index in [0.717, 1.165) is 16.9 Å². The number of hydrogen-bond donors (Lipinski definition) is 4. The summed E-state index contributed by atoms with van der Waals surface area (Å²) in [7, 11) is 0. The van der Waals surface area contributed by atoms with Crippen LogP contribution in [0.4, 0.5) is 0 Å². The molecule has 0 aliphatic heterocycles. The number of thiophene rings is 1. The molecule has 0 radical (unpaired) electrons. The molecule has 8 nitrogen and oxygen atoms in total. The van der Waals surface area contributed by atoms with Gasteiger partial charge in [0.05, 0.1) is 0 Å². The maximum absolute atomic E-state index is 12.7. The van der Waals surface area contributed by atoms with Crippen LogP contribution in [-0.2, 0) is 22.4 Å². The summed E-state index contributed by atoms with van der Waals surface area (Å²) in [6.45, 7) is 0. The van der Waals surface area contributed by atoms with Crippen LogP contribution in [0.1, 0.15) is 34.3 Å². The smallest absolute Gasteiger partial charge is 0.330 e. The fraction of sp³-hybridized carbons (Fsp3) is 0.316. The van der Waals surface area contributed by atoms with Gasteiger partial charge in [0.2, 0.25) is 5.91 Å². The molecule has 0 spiro atoms. The first-order chi connectivity index (χ1) is 14.1. The van der Waals surface area contributed by atoms with Crippen LogP contribution in [0.2, 0.25) is 0 Å². The maximum Gasteiger partial charge on any atom is 0.330 e. The van der Waals surface area contributed by atoms with Gasteiger partial charge in [-0.15, -0.1) is 16.4 Å². The second-order valence-electron chi connectivity index (χ2n) is 6.55. The molecular formula is C19H21N5O3S2. The summed E-state index contributed by atoms with van der Waals surface area (Å²) in [5.74, 6) is -0.858. The molecule has 0 fully saturated rings. The normalized spacial score (nSPS) is 13.0. The number of aromatic nitrogens is 4. The number of rotatable bonds is 10. The molecule has 3 N–H and O–H groups in total. The molecule has 152 valence electrons. The Labute approximate surface area is 177 Å². The van der Waals surface area contributed by atoms with Crippen LogP contribution in [0.3, 0.4) is 0 Å². The number of amides is 1. The number of benzene rings is 1. The zero-order chi connectivity index (χ0) is 20.6. The lowest BCUT2D eigenvalue weighted by molar-refractivity contribution is -0.142. The predicted octanol–water partition coefficient (Wildman–Crippen LogP) is 2.27. The Kier molecular flexibility index (Phi) is 7.36. The third kappa shape index (κ3) is 5.88. The fourth-order valence-electron chi connectivity index (χ4n) is 2.90. The molecule has 0 bridgehead atoms. The Morgan fingerprint density at radius 3 is 2.72 bits per heavy atom. The SMILES string of the molecule is O=C(NC(C(=O)O)c1csc(Cc2nnn[nH]2)c1)C(CS)CCc1ccccc1. The highest BCUT2D eigenvalue weighted by atomic mass is 32.1. The van der Waals surface area contributed by atoms with E-state index in [2.05, 4.69) is 38.6 Å². The molecule has 0 aliphatic rings. The molecule has 3 rings (SSSR count). The Morgan fingerprint density at radius 2 is 2.07 bits per heavy atom. The average Bonchev–Trinajstić information content (AvgIpc) is 3.40. The van der Waals surface area contributed by atoms with Crippen molar-refractivity contribution in [1.82, 2.24) is 25.9 Å². The minimum Gasteiger partial charge on any atom is -0.479 e. The molecule has 2 atom stereocenters. The highest BCUT2D eigenvalue weighted by Crippen LogP contribution is 2.24. The minimum absolute atomic E-state index is 0.310. The van der Waals surface area contributed by atoms with Crippen molar-refractivity contribution in [2.75, 3.05) is 5.75 Å². The number of H-pyrrole nitrogens is 1. The number of aryl methyl sites for hydroxylation is 1. The van der Waals surface area contributed by atoms with Gasteiger partial charge in [-0.25, -0.2) is 9.89 Å². The minimum atomic E-state index is -1.11. The maximum atomic E-state index is 12.7. The van der Waals surface area contributed by atoms with Crippen molar-refractivity contribution in [1.29, 1.82) is 0 Å². The van der Waals surface area contributed by atoms with E-state index in [0.29, 0.717) is 30.0 Å². The van der Waals surface area contributed by atoms with Gasteiger partial charge in [-0.2, -0.15) is 12.6 Å². The van der Waals surface area contributed by atoms with Crippen LogP contribution in [0, 0.1) is 5.92 Å². The summed E-state index contributed by atoms with van der Waals surface area (Å²) in [6, 6.07) is 10.5. The first kappa shape index (κ1) is 21.0. The first-order valence-corrected chi connectivity index (χ1v) is 10.6. The molecule has 0 saturated heterocycles. The molecule has 10 heteroatoms. The number of hydrogen-bond acceptors (Lipinski definition) is 7. The number of nitrogens with zero attached hydrogens (tertiary/aromatic N) is 3. The molecule has 1 aromatic carbocycles. The number of aromatic amines is 1. The summed E-state index contributed by atoms with van der Waals surface area (Å²) in [4.78, 5) is 25.4. The number of tetrazole rings is 1. The quantitative estimate of drug-likeness (QED) is 0.366. The van der Waals surface area contributed by atoms with Crippen LogP contribution in [0.25, 0.3) is 0 Å². The van der Waals surface area contributed by atoms with Gasteiger partial charge in [0, 0.05) is 23.0 Å². The lowest BCUT2D eigenvalue weighted by atomic mass is 9.99. The largest absolute Gasteiger partial charge is 0.479 e. The van der Waals surface area contributed by atoms with E-state index < -0.39 is 12.0 Å². The molecule has 3 aromatic rings. The highest BCUT2D eigenvalue weighted by Gasteiger charge is 2.27. The summed E-state index contributed by atoms with van der Waals surface area (Å²) in [5, 5.41) is 27.6. The fourth-order valence-corrected chi connectivity index (χ4v) is 4.16. The van der Waals surface area contributed by atoms with Crippen molar-refractivity contribution in [2.24, 2.45) is 5.92 Å². The third-order valence-corrected chi connectivity index (χ3v) is 5.88. The van der Waals surface area contributed by atoms with E-state index in [-0.39, 0.29) is 11.8 Å². The topological polar surface area (TPSA) is 121 Å². The van der Waals surface area contributed by atoms with E-state index in [1.165, 1.54) is 11.3 Å². The molecule has 1 amide bonds. The summed E-state index contributed by atoms with van der Waals surface area (Å²) in [6.07, 6.45) is 1.79. The van der Waals surface area contributed by atoms with Crippen LogP contribution >= 0.6 is 24.0 Å². The lowest BCUT2D eigenvalue weighted by Gasteiger charge is -2.19. The van der Waals surface area contributed by atoms with E-state index in [1.807, 2.05) is 30.3 Å². The van der Waals surface area contributed by atoms with Crippen molar-refractivity contribution in [2.45, 2.75) is 25.3 Å². The number of carbonyl (C=O) groups excluding carboxylic acids is 1. The number of carboxylic acids is 1. The van der Waals surface area contributed by atoms with E-state index in [4.69, 9.17) is 0 Å². The van der Waals surface area contributed by atoms with E-state index in [1.54, 1.807) is 11.4 Å². The van der Waals surface area contributed by atoms with Crippen LogP contribution < -0.4 is 5.32 Å². The summed E-state index contributed by atoms with van der Waals surface area (Å²) >= 11 is 5.68. The average molecular weight is 432 g/mol. The number of carboxylic acid groups (broad SMARTS) is 1. The molecule has 0 saturated carbocycles. The second-order valence-corrected chi connectivity index (χ2v) is 7.92. The zero-order valence-corrected chi connectivity index (χ0v) is 17.2. The van der Waals surface area contributed by atoms with E-state index >= 15 is 0 Å². The monoisotopic (exact) mass is 431 g/mol. The van der Waals surface area contributed by atoms with Gasteiger partial charge in [-0.05, 0) is 45.8 Å². The van der Waals surface area contributed by atoms with Crippen LogP contribution in [-0.4, -0.2) is 43.4 Å². The highest BCUT2D eigenvalue weighted by molar-refractivity contribution is 7.80. The van der Waals surface area contributed by atoms with Crippen molar-refractivity contribution >= 4 is 35.8 Å². The van der Waals surface area contributed by atoms with Crippen LogP contribution in [0.5, 0.6) is 0 Å². The Bertz CT molecular complexity index is 930. The first-order valence-electron chi connectivity index (χ1n) is 9.04. The van der Waals surface area contributed by atoms with Gasteiger partial charge in [0.15, 0.2) is 11.9 Å². The van der Waals surface area contributed by atoms with Gasteiger partial charge >= 0.3 is 5.97 Å². The van der Waals surface area contributed by atoms with E-state index in [9.17, 15) is 14.7 Å². The summed E-state index contributed by atoms with van der Waals surface area (Å²) in [5.41, 5.74) is 1.66. The second kappa shape index (κ2) is 10.2. The molecule has 2 unspecified atom stereocenters. The standard InChI is InChI=1S/C19H21N5O3S2/c25-18(13(10-28)7-6-12-4-2-1-3-5-12)20-17(19(26)27)14-8-15(29-11-14)9-16-21-23-24-22-16/h1-5,8,11,13,17,28H,6-7,9-10H2,(H,20,25)(H,26,27)(H,21,22,23,24). The molecule has 2 aromatic heterocycles. The molecule has 2 heterocycles.